The van der Waals surface area contributed by atoms with Crippen LogP contribution in [-0.2, 0) is 0 Å². The summed E-state index contributed by atoms with van der Waals surface area (Å²) in [6, 6.07) is 19.2. The van der Waals surface area contributed by atoms with Crippen molar-refractivity contribution in [2.24, 2.45) is 0 Å². The number of hydrogen-bond donors (Lipinski definition) is 0. The molecule has 3 heterocycles. The van der Waals surface area contributed by atoms with Crippen molar-refractivity contribution in [2.45, 2.75) is 13.8 Å². The molecule has 1 aliphatic rings. The quantitative estimate of drug-likeness (QED) is 0.372. The zero-order valence-electron chi connectivity index (χ0n) is 17.1. The Morgan fingerprint density at radius 2 is 1.60 bits per heavy atom. The second kappa shape index (κ2) is 7.89. The number of fused-ring (bicyclic) bond motifs is 1. The second-order valence-corrected chi connectivity index (χ2v) is 9.07. The van der Waals surface area contributed by atoms with Crippen LogP contribution in [-0.4, -0.2) is 36.1 Å². The van der Waals surface area contributed by atoms with Gasteiger partial charge in [-0.3, -0.25) is 0 Å². The number of anilines is 2. The number of hydrogen-bond acceptors (Lipinski definition) is 5. The smallest absolute Gasteiger partial charge is 0.225 e. The summed E-state index contributed by atoms with van der Waals surface area (Å²) < 4.78 is 0. The predicted molar refractivity (Wildman–Crippen MR) is 128 cm³/mol. The first-order valence-corrected chi connectivity index (χ1v) is 11.4. The average Bonchev–Trinajstić information content (AvgIpc) is 3.20. The Kier molecular flexibility index (Phi) is 5.09. The Morgan fingerprint density at radius 1 is 0.867 bits per heavy atom. The van der Waals surface area contributed by atoms with Crippen molar-refractivity contribution in [3.05, 3.63) is 71.0 Å². The number of aromatic nitrogens is 2. The van der Waals surface area contributed by atoms with Crippen LogP contribution in [0.4, 0.5) is 11.5 Å². The number of benzene rings is 2. The van der Waals surface area contributed by atoms with Crippen molar-refractivity contribution in [3.63, 3.8) is 0 Å². The van der Waals surface area contributed by atoms with Crippen LogP contribution in [0.5, 0.6) is 0 Å². The summed E-state index contributed by atoms with van der Waals surface area (Å²) in [6.07, 6.45) is 0. The van der Waals surface area contributed by atoms with Crippen LogP contribution in [0.2, 0.25) is 5.28 Å². The van der Waals surface area contributed by atoms with Crippen LogP contribution in [0.1, 0.15) is 11.1 Å². The lowest BCUT2D eigenvalue weighted by atomic mass is 10.1. The van der Waals surface area contributed by atoms with Gasteiger partial charge in [0.15, 0.2) is 0 Å². The van der Waals surface area contributed by atoms with Crippen LogP contribution in [0.25, 0.3) is 20.7 Å². The van der Waals surface area contributed by atoms with Gasteiger partial charge in [-0.05, 0) is 54.3 Å². The molecule has 5 rings (SSSR count). The highest BCUT2D eigenvalue weighted by atomic mass is 35.5. The summed E-state index contributed by atoms with van der Waals surface area (Å²) in [4.78, 5) is 16.1. The van der Waals surface area contributed by atoms with Crippen LogP contribution in [0.3, 0.4) is 0 Å². The first-order chi connectivity index (χ1) is 14.6. The SMILES string of the molecule is Cc1cccc(N2CCN(c3nc(Cl)nc4sc(-c5ccccc5)cc34)CC2)c1C. The molecule has 0 amide bonds. The Bertz CT molecular complexity index is 1200. The van der Waals surface area contributed by atoms with Crippen molar-refractivity contribution in [2.75, 3.05) is 36.0 Å². The molecule has 0 bridgehead atoms. The van der Waals surface area contributed by atoms with Gasteiger partial charge in [0, 0.05) is 36.7 Å². The molecule has 4 aromatic rings. The standard InChI is InChI=1S/C24H23ClN4S/c1-16-7-6-10-20(17(16)2)28-11-13-29(14-12-28)22-19-15-21(18-8-4-3-5-9-18)30-23(19)27-24(25)26-22/h3-10,15H,11-14H2,1-2H3. The van der Waals surface area contributed by atoms with Crippen LogP contribution < -0.4 is 9.80 Å². The van der Waals surface area contributed by atoms with E-state index in [4.69, 9.17) is 11.6 Å². The lowest BCUT2D eigenvalue weighted by molar-refractivity contribution is 0.647. The minimum Gasteiger partial charge on any atom is -0.368 e. The summed E-state index contributed by atoms with van der Waals surface area (Å²) in [5.74, 6) is 0.948. The molecular weight excluding hydrogens is 412 g/mol. The Hall–Kier alpha value is -2.63. The number of rotatable bonds is 3. The number of thiophene rings is 1. The van der Waals surface area contributed by atoms with Crippen molar-refractivity contribution in [3.8, 4) is 10.4 Å². The lowest BCUT2D eigenvalue weighted by Crippen LogP contribution is -2.47. The maximum absolute atomic E-state index is 6.31. The Labute approximate surface area is 185 Å². The molecule has 2 aromatic carbocycles. The second-order valence-electron chi connectivity index (χ2n) is 7.70. The zero-order valence-corrected chi connectivity index (χ0v) is 18.7. The van der Waals surface area contributed by atoms with E-state index in [2.05, 4.69) is 82.1 Å². The zero-order chi connectivity index (χ0) is 20.7. The molecule has 30 heavy (non-hydrogen) atoms. The van der Waals surface area contributed by atoms with Gasteiger partial charge in [-0.1, -0.05) is 42.5 Å². The van der Waals surface area contributed by atoms with E-state index < -0.39 is 0 Å². The minimum absolute atomic E-state index is 0.316. The van der Waals surface area contributed by atoms with Gasteiger partial charge in [-0.25, -0.2) is 4.98 Å². The molecule has 0 N–H and O–H groups in total. The van der Waals surface area contributed by atoms with Crippen LogP contribution in [0, 0.1) is 13.8 Å². The first kappa shape index (κ1) is 19.3. The number of aryl methyl sites for hydroxylation is 1. The first-order valence-electron chi connectivity index (χ1n) is 10.2. The van der Waals surface area contributed by atoms with E-state index in [1.54, 1.807) is 11.3 Å². The third kappa shape index (κ3) is 3.53. The van der Waals surface area contributed by atoms with Gasteiger partial charge >= 0.3 is 0 Å². The van der Waals surface area contributed by atoms with E-state index in [1.165, 1.54) is 27.3 Å². The van der Waals surface area contributed by atoms with Gasteiger partial charge in [0.2, 0.25) is 5.28 Å². The monoisotopic (exact) mass is 434 g/mol. The lowest BCUT2D eigenvalue weighted by Gasteiger charge is -2.37. The van der Waals surface area contributed by atoms with Gasteiger partial charge in [0.1, 0.15) is 10.6 Å². The molecule has 0 radical (unpaired) electrons. The van der Waals surface area contributed by atoms with Crippen molar-refractivity contribution in [1.29, 1.82) is 0 Å². The van der Waals surface area contributed by atoms with Gasteiger partial charge in [0.25, 0.3) is 0 Å². The molecule has 0 atom stereocenters. The molecule has 4 nitrogen and oxygen atoms in total. The highest BCUT2D eigenvalue weighted by molar-refractivity contribution is 7.22. The summed E-state index contributed by atoms with van der Waals surface area (Å²) in [7, 11) is 0. The fourth-order valence-electron chi connectivity index (χ4n) is 4.10. The fourth-order valence-corrected chi connectivity index (χ4v) is 5.35. The van der Waals surface area contributed by atoms with Crippen molar-refractivity contribution >= 4 is 44.7 Å². The molecular formula is C24H23ClN4S. The van der Waals surface area contributed by atoms with E-state index in [9.17, 15) is 0 Å². The minimum atomic E-state index is 0.316. The third-order valence-electron chi connectivity index (χ3n) is 5.90. The van der Waals surface area contributed by atoms with Gasteiger partial charge in [0.05, 0.1) is 5.39 Å². The summed E-state index contributed by atoms with van der Waals surface area (Å²) in [5, 5.41) is 1.40. The molecule has 2 aromatic heterocycles. The van der Waals surface area contributed by atoms with Crippen molar-refractivity contribution < 1.29 is 0 Å². The molecule has 0 unspecified atom stereocenters. The van der Waals surface area contributed by atoms with Gasteiger partial charge in [-0.15, -0.1) is 11.3 Å². The molecule has 1 fully saturated rings. The number of piperazine rings is 1. The predicted octanol–water partition coefficient (Wildman–Crippen LogP) is 5.96. The highest BCUT2D eigenvalue weighted by Gasteiger charge is 2.23. The molecule has 0 saturated carbocycles. The average molecular weight is 435 g/mol. The molecule has 0 aliphatic carbocycles. The van der Waals surface area contributed by atoms with Crippen LogP contribution in [0.15, 0.2) is 54.6 Å². The van der Waals surface area contributed by atoms with Gasteiger partial charge in [-0.2, -0.15) is 4.98 Å². The fraction of sp³-hybridized carbons (Fsp3) is 0.250. The molecule has 152 valence electrons. The Morgan fingerprint density at radius 3 is 2.37 bits per heavy atom. The maximum Gasteiger partial charge on any atom is 0.225 e. The Balaban J connectivity index is 1.44. The number of halogens is 1. The topological polar surface area (TPSA) is 32.3 Å². The van der Waals surface area contributed by atoms with Crippen LogP contribution >= 0.6 is 22.9 Å². The van der Waals surface area contributed by atoms with Gasteiger partial charge < -0.3 is 9.80 Å². The number of nitrogens with zero attached hydrogens (tertiary/aromatic N) is 4. The van der Waals surface area contributed by atoms with E-state index in [1.807, 2.05) is 6.07 Å². The highest BCUT2D eigenvalue weighted by Crippen LogP contribution is 2.37. The normalized spacial score (nSPS) is 14.5. The molecule has 6 heteroatoms. The summed E-state index contributed by atoms with van der Waals surface area (Å²) in [6.45, 7) is 8.13. The molecule has 1 saturated heterocycles. The van der Waals surface area contributed by atoms with E-state index in [0.717, 1.165) is 42.2 Å². The van der Waals surface area contributed by atoms with Crippen molar-refractivity contribution in [1.82, 2.24) is 9.97 Å². The third-order valence-corrected chi connectivity index (χ3v) is 7.15. The molecule has 1 aliphatic heterocycles. The van der Waals surface area contributed by atoms with E-state index in [0.29, 0.717) is 5.28 Å². The summed E-state index contributed by atoms with van der Waals surface area (Å²) in [5.41, 5.74) is 5.24. The summed E-state index contributed by atoms with van der Waals surface area (Å²) >= 11 is 7.98. The van der Waals surface area contributed by atoms with E-state index >= 15 is 0 Å². The largest absolute Gasteiger partial charge is 0.368 e. The van der Waals surface area contributed by atoms with E-state index in [-0.39, 0.29) is 0 Å². The maximum atomic E-state index is 6.31. The molecule has 0 spiro atoms.